The van der Waals surface area contributed by atoms with Gasteiger partial charge < -0.3 is 19.7 Å². The lowest BCUT2D eigenvalue weighted by molar-refractivity contribution is -0.135. The molecule has 0 aliphatic heterocycles. The first-order chi connectivity index (χ1) is 14.8. The second-order valence-electron chi connectivity index (χ2n) is 6.97. The molecule has 0 fully saturated rings. The van der Waals surface area contributed by atoms with E-state index in [2.05, 4.69) is 5.32 Å². The number of ether oxygens (including phenoxy) is 2. The van der Waals surface area contributed by atoms with Gasteiger partial charge in [-0.25, -0.2) is 0 Å². The molecule has 0 aliphatic carbocycles. The zero-order valence-electron chi connectivity index (χ0n) is 18.2. The van der Waals surface area contributed by atoms with Gasteiger partial charge >= 0.3 is 0 Å². The molecule has 2 aromatic rings. The van der Waals surface area contributed by atoms with Crippen molar-refractivity contribution in [3.05, 3.63) is 65.2 Å². The van der Waals surface area contributed by atoms with Crippen LogP contribution in [0.3, 0.4) is 0 Å². The van der Waals surface area contributed by atoms with Crippen molar-refractivity contribution in [1.29, 1.82) is 5.26 Å². The summed E-state index contributed by atoms with van der Waals surface area (Å²) in [5, 5.41) is 12.2. The van der Waals surface area contributed by atoms with Gasteiger partial charge in [0.15, 0.2) is 17.6 Å². The predicted octanol–water partition coefficient (Wildman–Crippen LogP) is 3.16. The van der Waals surface area contributed by atoms with E-state index in [-0.39, 0.29) is 11.5 Å². The Morgan fingerprint density at radius 1 is 1.16 bits per heavy atom. The number of likely N-dealkylation sites (N-methyl/N-ethyl adjacent to an activating group) is 1. The Morgan fingerprint density at radius 2 is 1.87 bits per heavy atom. The molecule has 0 saturated carbocycles. The van der Waals surface area contributed by atoms with E-state index < -0.39 is 12.0 Å². The second-order valence-corrected chi connectivity index (χ2v) is 6.97. The number of carbonyl (C=O) groups excluding carboxylic acids is 2. The van der Waals surface area contributed by atoms with E-state index in [1.165, 1.54) is 11.0 Å². The first-order valence-corrected chi connectivity index (χ1v) is 9.94. The van der Waals surface area contributed by atoms with E-state index in [0.29, 0.717) is 30.2 Å². The molecule has 0 bridgehead atoms. The van der Waals surface area contributed by atoms with E-state index in [1.54, 1.807) is 39.2 Å². The summed E-state index contributed by atoms with van der Waals surface area (Å²) in [4.78, 5) is 25.9. The van der Waals surface area contributed by atoms with Crippen LogP contribution in [0.4, 0.5) is 0 Å². The maximum atomic E-state index is 12.4. The minimum absolute atomic E-state index is 0.0248. The minimum atomic E-state index is -0.686. The molecule has 2 aromatic carbocycles. The molecule has 2 rings (SSSR count). The average molecular weight is 421 g/mol. The van der Waals surface area contributed by atoms with Crippen LogP contribution in [0.2, 0.25) is 0 Å². The second kappa shape index (κ2) is 11.4. The Balaban J connectivity index is 2.18. The van der Waals surface area contributed by atoms with Crippen molar-refractivity contribution in [2.75, 3.05) is 20.7 Å². The molecular formula is C24H27N3O4. The summed E-state index contributed by atoms with van der Waals surface area (Å²) in [6.45, 7) is 4.21. The fourth-order valence-electron chi connectivity index (χ4n) is 2.77. The first kappa shape index (κ1) is 23.5. The van der Waals surface area contributed by atoms with E-state index in [9.17, 15) is 14.9 Å². The van der Waals surface area contributed by atoms with Crippen molar-refractivity contribution in [1.82, 2.24) is 10.2 Å². The number of rotatable bonds is 9. The molecule has 0 spiro atoms. The molecule has 1 atom stereocenters. The summed E-state index contributed by atoms with van der Waals surface area (Å²) >= 11 is 0. The van der Waals surface area contributed by atoms with E-state index in [4.69, 9.17) is 9.47 Å². The van der Waals surface area contributed by atoms with Gasteiger partial charge in [0.1, 0.15) is 11.6 Å². The smallest absolute Gasteiger partial charge is 0.262 e. The van der Waals surface area contributed by atoms with Crippen molar-refractivity contribution in [2.24, 2.45) is 0 Å². The van der Waals surface area contributed by atoms with Crippen LogP contribution in [0, 0.1) is 11.3 Å². The lowest BCUT2D eigenvalue weighted by atomic mass is 10.1. The van der Waals surface area contributed by atoms with Crippen LogP contribution in [-0.2, 0) is 16.1 Å². The van der Waals surface area contributed by atoms with Gasteiger partial charge in [0.2, 0.25) is 0 Å². The Morgan fingerprint density at radius 3 is 2.48 bits per heavy atom. The highest BCUT2D eigenvalue weighted by Gasteiger charge is 2.19. The monoisotopic (exact) mass is 421 g/mol. The summed E-state index contributed by atoms with van der Waals surface area (Å²) in [7, 11) is 3.32. The van der Waals surface area contributed by atoms with Crippen LogP contribution < -0.4 is 14.8 Å². The Labute approximate surface area is 182 Å². The molecule has 0 heterocycles. The van der Waals surface area contributed by atoms with E-state index in [1.807, 2.05) is 43.3 Å². The molecule has 0 unspecified atom stereocenters. The summed E-state index contributed by atoms with van der Waals surface area (Å²) in [6.07, 6.45) is 0.801. The number of nitrogens with one attached hydrogen (secondary N) is 1. The minimum Gasteiger partial charge on any atom is -0.490 e. The SMILES string of the molecule is CCOc1cc(/C=C(\C#N)C(=O)NCc2ccccc2)ccc1O[C@@H](C)C(=O)N(C)C. The molecule has 162 valence electrons. The standard InChI is InChI=1S/C24H27N3O4/c1-5-30-22-14-19(11-12-21(22)31-17(2)24(29)27(3)4)13-20(15-25)23(28)26-16-18-9-7-6-8-10-18/h6-14,17H,5,16H2,1-4H3,(H,26,28)/b20-13+/t17-/m0/s1. The number of nitriles is 1. The molecule has 0 aromatic heterocycles. The topological polar surface area (TPSA) is 91.7 Å². The van der Waals surface area contributed by atoms with Gasteiger partial charge in [-0.2, -0.15) is 5.26 Å². The maximum Gasteiger partial charge on any atom is 0.262 e. The van der Waals surface area contributed by atoms with Crippen molar-refractivity contribution in [2.45, 2.75) is 26.5 Å². The maximum absolute atomic E-state index is 12.4. The van der Waals surface area contributed by atoms with Crippen molar-refractivity contribution in [3.63, 3.8) is 0 Å². The highest BCUT2D eigenvalue weighted by atomic mass is 16.5. The number of benzene rings is 2. The molecular weight excluding hydrogens is 394 g/mol. The first-order valence-electron chi connectivity index (χ1n) is 9.94. The van der Waals surface area contributed by atoms with E-state index in [0.717, 1.165) is 5.56 Å². The highest BCUT2D eigenvalue weighted by Crippen LogP contribution is 2.30. The van der Waals surface area contributed by atoms with E-state index >= 15 is 0 Å². The van der Waals surface area contributed by atoms with Gasteiger partial charge in [-0.05, 0) is 43.2 Å². The zero-order chi connectivity index (χ0) is 22.8. The van der Waals surface area contributed by atoms with Gasteiger partial charge in [0, 0.05) is 20.6 Å². The van der Waals surface area contributed by atoms with Crippen molar-refractivity contribution in [3.8, 4) is 17.6 Å². The van der Waals surface area contributed by atoms with Crippen LogP contribution >= 0.6 is 0 Å². The summed E-state index contributed by atoms with van der Waals surface area (Å²) in [5.41, 5.74) is 1.52. The Bertz CT molecular complexity index is 978. The number of nitrogens with zero attached hydrogens (tertiary/aromatic N) is 2. The third-order valence-corrected chi connectivity index (χ3v) is 4.33. The third kappa shape index (κ3) is 6.89. The summed E-state index contributed by atoms with van der Waals surface area (Å²) in [6, 6.07) is 16.4. The molecule has 7 heteroatoms. The molecule has 2 amide bonds. The molecule has 0 saturated heterocycles. The lowest BCUT2D eigenvalue weighted by Gasteiger charge is -2.20. The Hall–Kier alpha value is -3.79. The molecule has 7 nitrogen and oxygen atoms in total. The van der Waals surface area contributed by atoms with Crippen molar-refractivity contribution < 1.29 is 19.1 Å². The van der Waals surface area contributed by atoms with Crippen LogP contribution in [-0.4, -0.2) is 43.5 Å². The lowest BCUT2D eigenvalue weighted by Crippen LogP contribution is -2.35. The fraction of sp³-hybridized carbons (Fsp3) is 0.292. The quantitative estimate of drug-likeness (QED) is 0.496. The molecule has 0 aliphatic rings. The number of amides is 2. The van der Waals surface area contributed by atoms with Crippen LogP contribution in [0.1, 0.15) is 25.0 Å². The zero-order valence-corrected chi connectivity index (χ0v) is 18.2. The van der Waals surface area contributed by atoms with Crippen LogP contribution in [0.5, 0.6) is 11.5 Å². The highest BCUT2D eigenvalue weighted by molar-refractivity contribution is 6.01. The summed E-state index contributed by atoms with van der Waals surface area (Å²) < 4.78 is 11.4. The summed E-state index contributed by atoms with van der Waals surface area (Å²) in [5.74, 6) is 0.202. The van der Waals surface area contributed by atoms with Crippen LogP contribution in [0.25, 0.3) is 6.08 Å². The number of carbonyl (C=O) groups is 2. The third-order valence-electron chi connectivity index (χ3n) is 4.33. The molecule has 0 radical (unpaired) electrons. The fourth-order valence-corrected chi connectivity index (χ4v) is 2.77. The van der Waals surface area contributed by atoms with Gasteiger partial charge in [-0.15, -0.1) is 0 Å². The normalized spacial score (nSPS) is 11.8. The predicted molar refractivity (Wildman–Crippen MR) is 118 cm³/mol. The number of hydrogen-bond acceptors (Lipinski definition) is 5. The molecule has 31 heavy (non-hydrogen) atoms. The largest absolute Gasteiger partial charge is 0.490 e. The van der Waals surface area contributed by atoms with Crippen molar-refractivity contribution >= 4 is 17.9 Å². The average Bonchev–Trinajstić information content (AvgIpc) is 2.77. The van der Waals surface area contributed by atoms with Gasteiger partial charge in [0.25, 0.3) is 11.8 Å². The number of hydrogen-bond donors (Lipinski definition) is 1. The van der Waals surface area contributed by atoms with Gasteiger partial charge in [0.05, 0.1) is 6.61 Å². The van der Waals surface area contributed by atoms with Gasteiger partial charge in [-0.3, -0.25) is 9.59 Å². The Kier molecular flexibility index (Phi) is 8.64. The van der Waals surface area contributed by atoms with Crippen LogP contribution in [0.15, 0.2) is 54.1 Å². The molecule has 1 N–H and O–H groups in total. The van der Waals surface area contributed by atoms with Gasteiger partial charge in [-0.1, -0.05) is 36.4 Å².